The molecule has 3 rings (SSSR count). The van der Waals surface area contributed by atoms with Crippen molar-refractivity contribution < 1.29 is 4.79 Å². The van der Waals surface area contributed by atoms with E-state index in [2.05, 4.69) is 26.2 Å². The Morgan fingerprint density at radius 3 is 2.60 bits per heavy atom. The van der Waals surface area contributed by atoms with E-state index in [9.17, 15) is 4.79 Å². The van der Waals surface area contributed by atoms with Crippen LogP contribution in [-0.4, -0.2) is 10.9 Å². The van der Waals surface area contributed by atoms with Crippen LogP contribution < -0.4 is 5.32 Å². The van der Waals surface area contributed by atoms with Gasteiger partial charge in [-0.05, 0) is 64.8 Å². The number of thiazole rings is 1. The summed E-state index contributed by atoms with van der Waals surface area (Å²) in [6.45, 7) is 1.93. The molecule has 1 N–H and O–H groups in total. The van der Waals surface area contributed by atoms with Crippen LogP contribution in [0.1, 0.15) is 26.5 Å². The fourth-order valence-electron chi connectivity index (χ4n) is 2.25. The first kappa shape index (κ1) is 18.4. The molecule has 0 atom stereocenters. The number of hydrogen-bond donors (Lipinski definition) is 1. The molecule has 0 aliphatic carbocycles. The SMILES string of the molecule is Cc1nc(NC(=O)c2ccc(Cl)cc2)sc1Cc1ccc(Br)c(Cl)c1. The van der Waals surface area contributed by atoms with E-state index in [1.54, 1.807) is 24.3 Å². The number of halogens is 3. The van der Waals surface area contributed by atoms with Crippen LogP contribution in [-0.2, 0) is 6.42 Å². The predicted molar refractivity (Wildman–Crippen MR) is 108 cm³/mol. The van der Waals surface area contributed by atoms with Gasteiger partial charge in [0.05, 0.1) is 10.7 Å². The topological polar surface area (TPSA) is 42.0 Å². The van der Waals surface area contributed by atoms with Gasteiger partial charge in [-0.3, -0.25) is 10.1 Å². The van der Waals surface area contributed by atoms with Crippen molar-refractivity contribution in [3.05, 3.63) is 78.7 Å². The lowest BCUT2D eigenvalue weighted by molar-refractivity contribution is 0.102. The molecule has 0 aliphatic heterocycles. The number of carbonyl (C=O) groups excluding carboxylic acids is 1. The number of amides is 1. The second-order valence-electron chi connectivity index (χ2n) is 5.41. The van der Waals surface area contributed by atoms with Gasteiger partial charge in [0.15, 0.2) is 5.13 Å². The molecule has 0 unspecified atom stereocenters. The van der Waals surface area contributed by atoms with Crippen molar-refractivity contribution in [2.45, 2.75) is 13.3 Å². The third kappa shape index (κ3) is 4.61. The van der Waals surface area contributed by atoms with E-state index in [1.807, 2.05) is 25.1 Å². The maximum Gasteiger partial charge on any atom is 0.257 e. The minimum atomic E-state index is -0.205. The molecule has 1 heterocycles. The average molecular weight is 456 g/mol. The van der Waals surface area contributed by atoms with Crippen molar-refractivity contribution in [1.29, 1.82) is 0 Å². The van der Waals surface area contributed by atoms with E-state index in [1.165, 1.54) is 11.3 Å². The Morgan fingerprint density at radius 1 is 1.20 bits per heavy atom. The fraction of sp³-hybridized carbons (Fsp3) is 0.111. The lowest BCUT2D eigenvalue weighted by atomic mass is 10.1. The van der Waals surface area contributed by atoms with Crippen molar-refractivity contribution in [2.75, 3.05) is 5.32 Å². The molecule has 0 saturated carbocycles. The lowest BCUT2D eigenvalue weighted by Crippen LogP contribution is -2.11. The Balaban J connectivity index is 1.74. The molecule has 1 aromatic heterocycles. The summed E-state index contributed by atoms with van der Waals surface area (Å²) in [5, 5.41) is 4.69. The molecule has 0 fully saturated rings. The third-order valence-electron chi connectivity index (χ3n) is 3.57. The molecular formula is C18H13BrCl2N2OS. The zero-order valence-corrected chi connectivity index (χ0v) is 17.1. The van der Waals surface area contributed by atoms with Gasteiger partial charge in [0.1, 0.15) is 0 Å². The van der Waals surface area contributed by atoms with Gasteiger partial charge < -0.3 is 0 Å². The Labute approximate surface area is 168 Å². The Hall–Kier alpha value is -1.40. The van der Waals surface area contributed by atoms with Crippen LogP contribution in [0.5, 0.6) is 0 Å². The summed E-state index contributed by atoms with van der Waals surface area (Å²) in [6.07, 6.45) is 0.716. The van der Waals surface area contributed by atoms with Crippen LogP contribution in [0.2, 0.25) is 10.0 Å². The van der Waals surface area contributed by atoms with Gasteiger partial charge >= 0.3 is 0 Å². The van der Waals surface area contributed by atoms with Crippen molar-refractivity contribution in [2.24, 2.45) is 0 Å². The Kier molecular flexibility index (Phi) is 5.79. The summed E-state index contributed by atoms with van der Waals surface area (Å²) in [6, 6.07) is 12.6. The predicted octanol–water partition coefficient (Wildman–Crippen LogP) is 6.36. The molecule has 1 amide bonds. The quantitative estimate of drug-likeness (QED) is 0.496. The van der Waals surface area contributed by atoms with Gasteiger partial charge in [-0.1, -0.05) is 29.3 Å². The summed E-state index contributed by atoms with van der Waals surface area (Å²) in [7, 11) is 0. The van der Waals surface area contributed by atoms with Crippen molar-refractivity contribution in [3.63, 3.8) is 0 Å². The largest absolute Gasteiger partial charge is 0.298 e. The maximum absolute atomic E-state index is 12.3. The van der Waals surface area contributed by atoms with Gasteiger partial charge in [0.2, 0.25) is 0 Å². The van der Waals surface area contributed by atoms with E-state index < -0.39 is 0 Å². The molecule has 0 spiro atoms. The van der Waals surface area contributed by atoms with E-state index >= 15 is 0 Å². The highest BCUT2D eigenvalue weighted by atomic mass is 79.9. The highest BCUT2D eigenvalue weighted by molar-refractivity contribution is 9.10. The number of aryl methyl sites for hydroxylation is 1. The number of nitrogens with zero attached hydrogens (tertiary/aromatic N) is 1. The number of hydrogen-bond acceptors (Lipinski definition) is 3. The number of nitrogens with one attached hydrogen (secondary N) is 1. The molecule has 2 aromatic carbocycles. The van der Waals surface area contributed by atoms with Crippen LogP contribution in [0.15, 0.2) is 46.9 Å². The summed E-state index contributed by atoms with van der Waals surface area (Å²) >= 11 is 16.8. The highest BCUT2D eigenvalue weighted by Crippen LogP contribution is 2.28. The van der Waals surface area contributed by atoms with E-state index in [4.69, 9.17) is 23.2 Å². The zero-order valence-electron chi connectivity index (χ0n) is 13.1. The number of rotatable bonds is 4. The van der Waals surface area contributed by atoms with E-state index in [0.717, 1.165) is 20.6 Å². The molecule has 3 nitrogen and oxygen atoms in total. The van der Waals surface area contributed by atoms with Crippen molar-refractivity contribution >= 4 is 61.5 Å². The maximum atomic E-state index is 12.3. The first-order valence-electron chi connectivity index (χ1n) is 7.39. The van der Waals surface area contributed by atoms with Crippen LogP contribution in [0, 0.1) is 6.92 Å². The zero-order chi connectivity index (χ0) is 18.0. The second kappa shape index (κ2) is 7.87. The first-order chi connectivity index (χ1) is 11.9. The van der Waals surface area contributed by atoms with E-state index in [-0.39, 0.29) is 5.91 Å². The number of aromatic nitrogens is 1. The molecule has 3 aromatic rings. The van der Waals surface area contributed by atoms with Crippen LogP contribution in [0.4, 0.5) is 5.13 Å². The molecule has 7 heteroatoms. The molecule has 25 heavy (non-hydrogen) atoms. The average Bonchev–Trinajstić information content (AvgIpc) is 2.91. The van der Waals surface area contributed by atoms with Gasteiger partial charge in [-0.15, -0.1) is 11.3 Å². The third-order valence-corrected chi connectivity index (χ3v) is 6.13. The molecule has 0 aliphatic rings. The van der Waals surface area contributed by atoms with Gasteiger partial charge in [-0.2, -0.15) is 0 Å². The summed E-state index contributed by atoms with van der Waals surface area (Å²) in [4.78, 5) is 17.8. The second-order valence-corrected chi connectivity index (χ2v) is 8.20. The summed E-state index contributed by atoms with van der Waals surface area (Å²) in [5.74, 6) is -0.205. The van der Waals surface area contributed by atoms with Crippen LogP contribution in [0.25, 0.3) is 0 Å². The first-order valence-corrected chi connectivity index (χ1v) is 9.76. The molecular weight excluding hydrogens is 443 g/mol. The number of carbonyl (C=O) groups is 1. The summed E-state index contributed by atoms with van der Waals surface area (Å²) < 4.78 is 0.870. The standard InChI is InChI=1S/C18H13BrCl2N2OS/c1-10-16(9-11-2-7-14(19)15(21)8-11)25-18(22-10)23-17(24)12-3-5-13(20)6-4-12/h2-8H,9H2,1H3,(H,22,23,24). The minimum Gasteiger partial charge on any atom is -0.298 e. The molecule has 0 bridgehead atoms. The fourth-order valence-corrected chi connectivity index (χ4v) is 3.82. The number of anilines is 1. The minimum absolute atomic E-state index is 0.205. The van der Waals surface area contributed by atoms with Crippen molar-refractivity contribution in [3.8, 4) is 0 Å². The smallest absolute Gasteiger partial charge is 0.257 e. The van der Waals surface area contributed by atoms with Gasteiger partial charge in [0, 0.05) is 26.4 Å². The van der Waals surface area contributed by atoms with Gasteiger partial charge in [-0.25, -0.2) is 4.98 Å². The molecule has 0 radical (unpaired) electrons. The lowest BCUT2D eigenvalue weighted by Gasteiger charge is -2.02. The molecule has 128 valence electrons. The van der Waals surface area contributed by atoms with Crippen LogP contribution in [0.3, 0.4) is 0 Å². The summed E-state index contributed by atoms with van der Waals surface area (Å²) in [5.41, 5.74) is 2.53. The highest BCUT2D eigenvalue weighted by Gasteiger charge is 2.13. The normalized spacial score (nSPS) is 10.7. The van der Waals surface area contributed by atoms with Crippen LogP contribution >= 0.6 is 50.5 Å². The van der Waals surface area contributed by atoms with Gasteiger partial charge in [0.25, 0.3) is 5.91 Å². The monoisotopic (exact) mass is 454 g/mol. The number of benzene rings is 2. The Bertz CT molecular complexity index is 925. The van der Waals surface area contributed by atoms with Crippen molar-refractivity contribution in [1.82, 2.24) is 4.98 Å². The Morgan fingerprint density at radius 2 is 1.92 bits per heavy atom. The van der Waals surface area contributed by atoms with E-state index in [0.29, 0.717) is 27.2 Å². The molecule has 0 saturated heterocycles.